The van der Waals surface area contributed by atoms with Gasteiger partial charge >= 0.3 is 0 Å². The molecule has 3 nitrogen and oxygen atoms in total. The van der Waals surface area contributed by atoms with Gasteiger partial charge in [-0.1, -0.05) is 6.92 Å². The van der Waals surface area contributed by atoms with Crippen LogP contribution >= 0.6 is 23.1 Å². The third-order valence-electron chi connectivity index (χ3n) is 2.45. The van der Waals surface area contributed by atoms with Gasteiger partial charge in [0, 0.05) is 12.2 Å². The molecular formula is C12H19NO2S2. The average molecular weight is 273 g/mol. The lowest BCUT2D eigenvalue weighted by Gasteiger charge is -2.22. The Kier molecular flexibility index (Phi) is 6.02. The fraction of sp³-hybridized carbons (Fsp3) is 0.583. The molecule has 0 bridgehead atoms. The van der Waals surface area contributed by atoms with E-state index in [2.05, 4.69) is 12.2 Å². The van der Waals surface area contributed by atoms with Crippen molar-refractivity contribution >= 4 is 29.0 Å². The first-order valence-corrected chi connectivity index (χ1v) is 7.75. The largest absolute Gasteiger partial charge is 0.384 e. The van der Waals surface area contributed by atoms with Crippen molar-refractivity contribution in [2.75, 3.05) is 18.1 Å². The summed E-state index contributed by atoms with van der Waals surface area (Å²) in [5.74, 6) is 1.87. The van der Waals surface area contributed by atoms with E-state index in [1.54, 1.807) is 30.0 Å². The Morgan fingerprint density at radius 2 is 2.41 bits per heavy atom. The lowest BCUT2D eigenvalue weighted by atomic mass is 9.99. The number of carbonyl (C=O) groups excluding carboxylic acids is 1. The molecule has 0 radical (unpaired) electrons. The van der Waals surface area contributed by atoms with E-state index in [4.69, 9.17) is 0 Å². The van der Waals surface area contributed by atoms with Crippen LogP contribution in [0.1, 0.15) is 25.8 Å². The summed E-state index contributed by atoms with van der Waals surface area (Å²) >= 11 is 3.29. The number of hydrogen-bond acceptors (Lipinski definition) is 4. The van der Waals surface area contributed by atoms with Gasteiger partial charge in [-0.3, -0.25) is 4.79 Å². The highest BCUT2D eigenvalue weighted by molar-refractivity contribution is 7.99. The van der Waals surface area contributed by atoms with Crippen LogP contribution < -0.4 is 5.32 Å². The number of carbonyl (C=O) groups is 1. The van der Waals surface area contributed by atoms with Gasteiger partial charge in [-0.05, 0) is 35.1 Å². The van der Waals surface area contributed by atoms with Crippen molar-refractivity contribution in [1.82, 2.24) is 5.32 Å². The summed E-state index contributed by atoms with van der Waals surface area (Å²) in [5.41, 5.74) is -0.126. The first-order valence-electron chi connectivity index (χ1n) is 5.65. The molecule has 96 valence electrons. The lowest BCUT2D eigenvalue weighted by Crippen LogP contribution is -2.38. The Hall–Kier alpha value is -0.520. The standard InChI is InChI=1S/C12H19NO2S2/c1-3-16-7-5-11(14)13-9-12(2,15)10-4-6-17-8-10/h4,6,8,15H,3,5,7,9H2,1-2H3,(H,13,14). The van der Waals surface area contributed by atoms with Crippen LogP contribution in [0, 0.1) is 0 Å². The maximum absolute atomic E-state index is 11.5. The number of thiophene rings is 1. The molecule has 5 heteroatoms. The van der Waals surface area contributed by atoms with Crippen molar-refractivity contribution in [1.29, 1.82) is 0 Å². The van der Waals surface area contributed by atoms with Crippen LogP contribution in [0.15, 0.2) is 16.8 Å². The molecule has 0 aliphatic heterocycles. The summed E-state index contributed by atoms with van der Waals surface area (Å²) in [6.45, 7) is 4.05. The summed E-state index contributed by atoms with van der Waals surface area (Å²) in [6, 6.07) is 1.88. The van der Waals surface area contributed by atoms with Gasteiger partial charge in [0.15, 0.2) is 0 Å². The quantitative estimate of drug-likeness (QED) is 0.749. The minimum atomic E-state index is -0.979. The molecule has 1 aromatic rings. The zero-order valence-corrected chi connectivity index (χ0v) is 11.9. The number of thioether (sulfide) groups is 1. The molecule has 0 saturated carbocycles. The summed E-state index contributed by atoms with van der Waals surface area (Å²) in [7, 11) is 0. The Bertz CT molecular complexity index is 336. The smallest absolute Gasteiger partial charge is 0.220 e. The molecule has 17 heavy (non-hydrogen) atoms. The van der Waals surface area contributed by atoms with E-state index in [0.717, 1.165) is 17.1 Å². The van der Waals surface area contributed by atoms with Crippen molar-refractivity contribution in [3.05, 3.63) is 22.4 Å². The third-order valence-corrected chi connectivity index (χ3v) is 4.03. The third kappa shape index (κ3) is 5.10. The maximum atomic E-state index is 11.5. The fourth-order valence-electron chi connectivity index (χ4n) is 1.34. The van der Waals surface area contributed by atoms with Gasteiger partial charge in [0.2, 0.25) is 5.91 Å². The number of amides is 1. The number of hydrogen-bond donors (Lipinski definition) is 2. The fourth-order valence-corrected chi connectivity index (χ4v) is 2.74. The molecule has 0 aliphatic carbocycles. The number of aliphatic hydroxyl groups is 1. The van der Waals surface area contributed by atoms with Gasteiger partial charge in [0.25, 0.3) is 0 Å². The van der Waals surface area contributed by atoms with Gasteiger partial charge in [0.05, 0.1) is 6.54 Å². The second-order valence-electron chi connectivity index (χ2n) is 4.01. The summed E-state index contributed by atoms with van der Waals surface area (Å²) in [4.78, 5) is 11.5. The van der Waals surface area contributed by atoms with Crippen molar-refractivity contribution in [3.63, 3.8) is 0 Å². The lowest BCUT2D eigenvalue weighted by molar-refractivity contribution is -0.121. The van der Waals surface area contributed by atoms with Crippen LogP contribution in [-0.4, -0.2) is 29.1 Å². The molecule has 0 spiro atoms. The summed E-state index contributed by atoms with van der Waals surface area (Å²) < 4.78 is 0. The first-order chi connectivity index (χ1) is 8.06. The van der Waals surface area contributed by atoms with E-state index < -0.39 is 5.60 Å². The zero-order valence-electron chi connectivity index (χ0n) is 10.2. The van der Waals surface area contributed by atoms with Crippen LogP contribution in [0.4, 0.5) is 0 Å². The van der Waals surface area contributed by atoms with E-state index in [0.29, 0.717) is 6.42 Å². The molecule has 0 saturated heterocycles. The predicted octanol–water partition coefficient (Wildman–Crippen LogP) is 2.21. The van der Waals surface area contributed by atoms with Crippen LogP contribution in [0.2, 0.25) is 0 Å². The molecule has 1 rings (SSSR count). The minimum Gasteiger partial charge on any atom is -0.384 e. The summed E-state index contributed by atoms with van der Waals surface area (Å²) in [5, 5.41) is 16.8. The molecule has 0 aromatic carbocycles. The Balaban J connectivity index is 2.32. The highest BCUT2D eigenvalue weighted by Crippen LogP contribution is 2.21. The van der Waals surface area contributed by atoms with Crippen LogP contribution in [0.25, 0.3) is 0 Å². The first kappa shape index (κ1) is 14.5. The van der Waals surface area contributed by atoms with Gasteiger partial charge in [-0.15, -0.1) is 0 Å². The molecular weight excluding hydrogens is 254 g/mol. The van der Waals surface area contributed by atoms with Crippen molar-refractivity contribution < 1.29 is 9.90 Å². The predicted molar refractivity (Wildman–Crippen MR) is 74.5 cm³/mol. The topological polar surface area (TPSA) is 49.3 Å². The highest BCUT2D eigenvalue weighted by atomic mass is 32.2. The van der Waals surface area contributed by atoms with E-state index in [-0.39, 0.29) is 12.5 Å². The monoisotopic (exact) mass is 273 g/mol. The number of nitrogens with one attached hydrogen (secondary N) is 1. The van der Waals surface area contributed by atoms with Crippen molar-refractivity contribution in [2.45, 2.75) is 25.9 Å². The SMILES string of the molecule is CCSCCC(=O)NCC(C)(O)c1ccsc1. The van der Waals surface area contributed by atoms with Crippen molar-refractivity contribution in [2.24, 2.45) is 0 Å². The zero-order chi connectivity index (χ0) is 12.7. The van der Waals surface area contributed by atoms with Crippen molar-refractivity contribution in [3.8, 4) is 0 Å². The molecule has 0 fully saturated rings. The Morgan fingerprint density at radius 3 is 3.00 bits per heavy atom. The van der Waals surface area contributed by atoms with E-state index >= 15 is 0 Å². The molecule has 1 unspecified atom stereocenters. The van der Waals surface area contributed by atoms with E-state index in [1.807, 2.05) is 16.8 Å². The van der Waals surface area contributed by atoms with Crippen LogP contribution in [-0.2, 0) is 10.4 Å². The molecule has 1 aromatic heterocycles. The normalized spacial score (nSPS) is 14.3. The van der Waals surface area contributed by atoms with Gasteiger partial charge in [-0.2, -0.15) is 23.1 Å². The molecule has 1 amide bonds. The second-order valence-corrected chi connectivity index (χ2v) is 6.18. The minimum absolute atomic E-state index is 0.00135. The molecule has 1 atom stereocenters. The van der Waals surface area contributed by atoms with Gasteiger partial charge in [0.1, 0.15) is 5.60 Å². The Labute approximate surface area is 111 Å². The van der Waals surface area contributed by atoms with Crippen LogP contribution in [0.5, 0.6) is 0 Å². The average Bonchev–Trinajstić information content (AvgIpc) is 2.81. The second kappa shape index (κ2) is 7.03. The van der Waals surface area contributed by atoms with E-state index in [1.165, 1.54) is 0 Å². The number of rotatable bonds is 7. The highest BCUT2D eigenvalue weighted by Gasteiger charge is 2.23. The molecule has 0 aliphatic rings. The molecule has 1 heterocycles. The van der Waals surface area contributed by atoms with Gasteiger partial charge in [-0.25, -0.2) is 0 Å². The molecule has 2 N–H and O–H groups in total. The Morgan fingerprint density at radius 1 is 1.65 bits per heavy atom. The summed E-state index contributed by atoms with van der Waals surface area (Å²) in [6.07, 6.45) is 0.512. The van der Waals surface area contributed by atoms with E-state index in [9.17, 15) is 9.90 Å². The maximum Gasteiger partial charge on any atom is 0.220 e. The van der Waals surface area contributed by atoms with Crippen LogP contribution in [0.3, 0.4) is 0 Å². The van der Waals surface area contributed by atoms with Gasteiger partial charge < -0.3 is 10.4 Å².